The Balaban J connectivity index is 1.65. The summed E-state index contributed by atoms with van der Waals surface area (Å²) in [7, 11) is 1.60. The van der Waals surface area contributed by atoms with Crippen LogP contribution in [0.3, 0.4) is 0 Å². The van der Waals surface area contributed by atoms with Crippen LogP contribution in [0.25, 0.3) is 16.8 Å². The van der Waals surface area contributed by atoms with Crippen molar-refractivity contribution in [2.75, 3.05) is 12.4 Å². The van der Waals surface area contributed by atoms with Gasteiger partial charge in [0, 0.05) is 5.69 Å². The number of carboxylic acid groups (broad SMARTS) is 1. The molecule has 0 aliphatic carbocycles. The molecule has 0 bridgehead atoms. The van der Waals surface area contributed by atoms with Gasteiger partial charge in [-0.25, -0.2) is 0 Å². The molecule has 6 nitrogen and oxygen atoms in total. The van der Waals surface area contributed by atoms with Crippen molar-refractivity contribution < 1.29 is 24.2 Å². The molecule has 0 spiro atoms. The first-order valence-corrected chi connectivity index (χ1v) is 8.85. The second kappa shape index (κ2) is 7.52. The summed E-state index contributed by atoms with van der Waals surface area (Å²) in [6, 6.07) is 20.1. The Bertz CT molecular complexity index is 1180. The SMILES string of the molecule is COc1ccc2cc(/C=C3\OC(Nc4ccccc4)=C(C(=O)[O-])C3=O)ccc2c1. The van der Waals surface area contributed by atoms with Crippen LogP contribution in [0.2, 0.25) is 0 Å². The number of carbonyl (C=O) groups is 2. The van der Waals surface area contributed by atoms with Crippen LogP contribution in [0.5, 0.6) is 5.75 Å². The first-order chi connectivity index (χ1) is 14.0. The molecular formula is C23H16NO5-. The van der Waals surface area contributed by atoms with Crippen molar-refractivity contribution in [3.8, 4) is 5.75 Å². The lowest BCUT2D eigenvalue weighted by Crippen LogP contribution is -2.28. The molecular weight excluding hydrogens is 370 g/mol. The molecule has 1 aliphatic heterocycles. The van der Waals surface area contributed by atoms with Crippen LogP contribution in [0.1, 0.15) is 5.56 Å². The maximum absolute atomic E-state index is 12.6. The number of para-hydroxylation sites is 1. The molecule has 0 aromatic heterocycles. The lowest BCUT2D eigenvalue weighted by Gasteiger charge is -2.09. The molecule has 4 rings (SSSR count). The number of carbonyl (C=O) groups excluding carboxylic acids is 2. The van der Waals surface area contributed by atoms with Crippen molar-refractivity contribution in [1.82, 2.24) is 0 Å². The molecule has 3 aromatic rings. The normalized spacial score (nSPS) is 14.9. The number of fused-ring (bicyclic) bond motifs is 1. The van der Waals surface area contributed by atoms with Gasteiger partial charge in [-0.2, -0.15) is 0 Å². The minimum Gasteiger partial charge on any atom is -0.544 e. The molecule has 29 heavy (non-hydrogen) atoms. The molecule has 0 saturated carbocycles. The van der Waals surface area contributed by atoms with Gasteiger partial charge in [-0.1, -0.05) is 36.4 Å². The number of benzene rings is 3. The number of Topliss-reactive ketones (excluding diaryl/α,β-unsaturated/α-hetero) is 1. The minimum atomic E-state index is -1.59. The number of anilines is 1. The van der Waals surface area contributed by atoms with Crippen molar-refractivity contribution in [3.63, 3.8) is 0 Å². The van der Waals surface area contributed by atoms with E-state index in [1.165, 1.54) is 6.08 Å². The summed E-state index contributed by atoms with van der Waals surface area (Å²) in [5.41, 5.74) is 0.755. The van der Waals surface area contributed by atoms with Crippen LogP contribution >= 0.6 is 0 Å². The highest BCUT2D eigenvalue weighted by Crippen LogP contribution is 2.29. The van der Waals surface area contributed by atoms with Crippen LogP contribution in [0.15, 0.2) is 83.9 Å². The van der Waals surface area contributed by atoms with Crippen molar-refractivity contribution in [2.45, 2.75) is 0 Å². The summed E-state index contributed by atoms with van der Waals surface area (Å²) in [6.45, 7) is 0. The molecule has 0 unspecified atom stereocenters. The number of hydrogen-bond donors (Lipinski definition) is 1. The van der Waals surface area contributed by atoms with E-state index in [-0.39, 0.29) is 11.6 Å². The third kappa shape index (κ3) is 3.68. The largest absolute Gasteiger partial charge is 0.544 e. The fraction of sp³-hybridized carbons (Fsp3) is 0.0435. The van der Waals surface area contributed by atoms with Gasteiger partial charge in [0.15, 0.2) is 5.76 Å². The van der Waals surface area contributed by atoms with E-state index in [9.17, 15) is 14.7 Å². The third-order valence-corrected chi connectivity index (χ3v) is 4.49. The fourth-order valence-corrected chi connectivity index (χ4v) is 3.07. The summed E-state index contributed by atoms with van der Waals surface area (Å²) >= 11 is 0. The van der Waals surface area contributed by atoms with Crippen LogP contribution in [0, 0.1) is 0 Å². The lowest BCUT2D eigenvalue weighted by atomic mass is 10.0. The van der Waals surface area contributed by atoms with Gasteiger partial charge < -0.3 is 24.7 Å². The second-order valence-corrected chi connectivity index (χ2v) is 6.39. The third-order valence-electron chi connectivity index (χ3n) is 4.49. The molecule has 0 radical (unpaired) electrons. The van der Waals surface area contributed by atoms with E-state index in [2.05, 4.69) is 5.32 Å². The average Bonchev–Trinajstić information content (AvgIpc) is 3.03. The van der Waals surface area contributed by atoms with Crippen molar-refractivity contribution in [1.29, 1.82) is 0 Å². The number of nitrogens with one attached hydrogen (secondary N) is 1. The zero-order valence-corrected chi connectivity index (χ0v) is 15.5. The zero-order chi connectivity index (χ0) is 20.4. The van der Waals surface area contributed by atoms with E-state index in [1.807, 2.05) is 42.5 Å². The van der Waals surface area contributed by atoms with Crippen molar-refractivity contribution in [2.24, 2.45) is 0 Å². The predicted molar refractivity (Wildman–Crippen MR) is 107 cm³/mol. The predicted octanol–water partition coefficient (Wildman–Crippen LogP) is 2.86. The number of methoxy groups -OCH3 is 1. The Kier molecular flexibility index (Phi) is 4.75. The Hall–Kier alpha value is -4.06. The fourth-order valence-electron chi connectivity index (χ4n) is 3.07. The maximum atomic E-state index is 12.6. The Morgan fingerprint density at radius 2 is 1.76 bits per heavy atom. The van der Waals surface area contributed by atoms with Crippen LogP contribution in [-0.4, -0.2) is 18.9 Å². The van der Waals surface area contributed by atoms with Gasteiger partial charge in [0.25, 0.3) is 0 Å². The van der Waals surface area contributed by atoms with Gasteiger partial charge in [-0.3, -0.25) is 4.79 Å². The number of ketones is 1. The van der Waals surface area contributed by atoms with Gasteiger partial charge in [0.1, 0.15) is 11.3 Å². The number of aliphatic carboxylic acids is 1. The lowest BCUT2D eigenvalue weighted by molar-refractivity contribution is -0.298. The van der Waals surface area contributed by atoms with Gasteiger partial charge in [-0.15, -0.1) is 0 Å². The quantitative estimate of drug-likeness (QED) is 0.536. The van der Waals surface area contributed by atoms with Crippen molar-refractivity contribution in [3.05, 3.63) is 89.5 Å². The number of rotatable bonds is 5. The Labute approximate surface area is 166 Å². The smallest absolute Gasteiger partial charge is 0.235 e. The first-order valence-electron chi connectivity index (χ1n) is 8.85. The molecule has 1 N–H and O–H groups in total. The van der Waals surface area contributed by atoms with Crippen molar-refractivity contribution >= 4 is 34.3 Å². The molecule has 0 atom stereocenters. The maximum Gasteiger partial charge on any atom is 0.235 e. The van der Waals surface area contributed by atoms with Crippen LogP contribution in [-0.2, 0) is 14.3 Å². The standard InChI is InChI=1S/C23H17NO5/c1-28-18-10-9-15-11-14(7-8-16(15)13-18)12-19-21(25)20(23(26)27)22(29-19)24-17-5-3-2-4-6-17/h2-13,24H,1H3,(H,26,27)/p-1/b19-12-. The van der Waals surface area contributed by atoms with Gasteiger partial charge in [-0.05, 0) is 52.7 Å². The Morgan fingerprint density at radius 1 is 1.03 bits per heavy atom. The molecule has 1 aliphatic rings. The topological polar surface area (TPSA) is 87.7 Å². The Morgan fingerprint density at radius 3 is 2.48 bits per heavy atom. The highest BCUT2D eigenvalue weighted by molar-refractivity contribution is 6.25. The van der Waals surface area contributed by atoms with Crippen LogP contribution < -0.4 is 15.2 Å². The summed E-state index contributed by atoms with van der Waals surface area (Å²) in [5.74, 6) is -1.83. The molecule has 0 amide bonds. The van der Waals surface area contributed by atoms with E-state index >= 15 is 0 Å². The van der Waals surface area contributed by atoms with E-state index in [4.69, 9.17) is 9.47 Å². The summed E-state index contributed by atoms with van der Waals surface area (Å²) in [5, 5.41) is 16.2. The summed E-state index contributed by atoms with van der Waals surface area (Å²) in [4.78, 5) is 24.1. The number of ether oxygens (including phenoxy) is 2. The molecule has 144 valence electrons. The zero-order valence-electron chi connectivity index (χ0n) is 15.5. The first kappa shape index (κ1) is 18.3. The summed E-state index contributed by atoms with van der Waals surface area (Å²) < 4.78 is 10.8. The number of hydrogen-bond acceptors (Lipinski definition) is 6. The highest BCUT2D eigenvalue weighted by Gasteiger charge is 2.31. The molecule has 6 heteroatoms. The highest BCUT2D eigenvalue weighted by atomic mass is 16.5. The number of carboxylic acids is 1. The number of allylic oxidation sites excluding steroid dienone is 1. The van der Waals surface area contributed by atoms with E-state index in [1.54, 1.807) is 31.4 Å². The van der Waals surface area contributed by atoms with E-state index < -0.39 is 17.3 Å². The van der Waals surface area contributed by atoms with Crippen LogP contribution in [0.4, 0.5) is 5.69 Å². The molecule has 0 saturated heterocycles. The van der Waals surface area contributed by atoms with E-state index in [0.29, 0.717) is 11.3 Å². The summed E-state index contributed by atoms with van der Waals surface area (Å²) in [6.07, 6.45) is 1.51. The van der Waals surface area contributed by atoms with Gasteiger partial charge in [0.2, 0.25) is 11.7 Å². The monoisotopic (exact) mass is 386 g/mol. The van der Waals surface area contributed by atoms with E-state index in [0.717, 1.165) is 16.5 Å². The molecule has 3 aromatic carbocycles. The average molecular weight is 386 g/mol. The second-order valence-electron chi connectivity index (χ2n) is 6.39. The van der Waals surface area contributed by atoms with Gasteiger partial charge in [0.05, 0.1) is 13.1 Å². The minimum absolute atomic E-state index is 0.0875. The molecule has 1 heterocycles. The van der Waals surface area contributed by atoms with Gasteiger partial charge >= 0.3 is 0 Å². The molecule has 0 fully saturated rings.